The average molecular weight is 249 g/mol. The van der Waals surface area contributed by atoms with E-state index in [0.717, 1.165) is 5.69 Å². The van der Waals surface area contributed by atoms with E-state index in [9.17, 15) is 0 Å². The molecule has 0 bridgehead atoms. The largest absolute Gasteiger partial charge is 0.382 e. The number of aryl methyl sites for hydroxylation is 1. The lowest BCUT2D eigenvalue weighted by Crippen LogP contribution is -2.01. The summed E-state index contributed by atoms with van der Waals surface area (Å²) in [6.45, 7) is 10.4. The SMILES string of the molecule is CC(C)n1ccc(N)n1.Cc1ccn(C(C)C)n1. The van der Waals surface area contributed by atoms with Crippen molar-refractivity contribution in [2.24, 2.45) is 0 Å². The molecule has 2 N–H and O–H groups in total. The summed E-state index contributed by atoms with van der Waals surface area (Å²) < 4.78 is 3.78. The van der Waals surface area contributed by atoms with E-state index in [0.29, 0.717) is 17.9 Å². The zero-order valence-corrected chi connectivity index (χ0v) is 11.8. The van der Waals surface area contributed by atoms with Gasteiger partial charge in [-0.05, 0) is 46.8 Å². The Morgan fingerprint density at radius 2 is 1.44 bits per heavy atom. The van der Waals surface area contributed by atoms with Gasteiger partial charge in [-0.2, -0.15) is 10.2 Å². The highest BCUT2D eigenvalue weighted by atomic mass is 15.3. The Hall–Kier alpha value is -1.78. The van der Waals surface area contributed by atoms with Crippen LogP contribution in [0.5, 0.6) is 0 Å². The van der Waals surface area contributed by atoms with Crippen LogP contribution in [0.25, 0.3) is 0 Å². The second-order valence-corrected chi connectivity index (χ2v) is 4.85. The van der Waals surface area contributed by atoms with Crippen LogP contribution >= 0.6 is 0 Å². The first-order chi connectivity index (χ1) is 8.40. The van der Waals surface area contributed by atoms with Crippen LogP contribution in [0.1, 0.15) is 45.5 Å². The van der Waals surface area contributed by atoms with Crippen LogP contribution in [0.3, 0.4) is 0 Å². The summed E-state index contributed by atoms with van der Waals surface area (Å²) in [5.74, 6) is 0.587. The Balaban J connectivity index is 0.000000180. The number of hydrogen-bond donors (Lipinski definition) is 1. The molecule has 0 aliphatic carbocycles. The molecule has 0 saturated carbocycles. The van der Waals surface area contributed by atoms with Crippen molar-refractivity contribution in [2.45, 2.75) is 46.7 Å². The number of nitrogen functional groups attached to an aromatic ring is 1. The monoisotopic (exact) mass is 249 g/mol. The highest BCUT2D eigenvalue weighted by Gasteiger charge is 1.96. The fraction of sp³-hybridized carbons (Fsp3) is 0.538. The molecule has 5 heteroatoms. The molecule has 0 radical (unpaired) electrons. The third-order valence-corrected chi connectivity index (χ3v) is 2.43. The number of aromatic nitrogens is 4. The van der Waals surface area contributed by atoms with Crippen LogP contribution in [0.4, 0.5) is 5.82 Å². The van der Waals surface area contributed by atoms with Crippen LogP contribution in [0.2, 0.25) is 0 Å². The summed E-state index contributed by atoms with van der Waals surface area (Å²) in [5, 5.41) is 8.23. The van der Waals surface area contributed by atoms with Gasteiger partial charge >= 0.3 is 0 Å². The van der Waals surface area contributed by atoms with Crippen molar-refractivity contribution in [2.75, 3.05) is 5.73 Å². The Morgan fingerprint density at radius 1 is 0.944 bits per heavy atom. The molecule has 18 heavy (non-hydrogen) atoms. The minimum Gasteiger partial charge on any atom is -0.382 e. The summed E-state index contributed by atoms with van der Waals surface area (Å²) in [6, 6.07) is 4.70. The Bertz CT molecular complexity index is 423. The van der Waals surface area contributed by atoms with Crippen molar-refractivity contribution in [3.63, 3.8) is 0 Å². The summed E-state index contributed by atoms with van der Waals surface area (Å²) in [4.78, 5) is 0. The van der Waals surface area contributed by atoms with Gasteiger partial charge in [0.2, 0.25) is 0 Å². The average Bonchev–Trinajstić information content (AvgIpc) is 2.88. The molecule has 0 aliphatic rings. The molecule has 0 atom stereocenters. The van der Waals surface area contributed by atoms with Crippen molar-refractivity contribution in [1.29, 1.82) is 0 Å². The Labute approximate surface area is 109 Å². The van der Waals surface area contributed by atoms with Gasteiger partial charge in [-0.25, -0.2) is 0 Å². The molecule has 0 unspecified atom stereocenters. The molecule has 100 valence electrons. The van der Waals surface area contributed by atoms with Crippen LogP contribution in [0, 0.1) is 6.92 Å². The molecule has 0 saturated heterocycles. The predicted octanol–water partition coefficient (Wildman–Crippen LogP) is 2.82. The normalized spacial score (nSPS) is 10.6. The van der Waals surface area contributed by atoms with Crippen molar-refractivity contribution < 1.29 is 0 Å². The zero-order chi connectivity index (χ0) is 13.7. The molecule has 0 aromatic carbocycles. The summed E-state index contributed by atoms with van der Waals surface area (Å²) >= 11 is 0. The highest BCUT2D eigenvalue weighted by molar-refractivity contribution is 5.23. The third-order valence-electron chi connectivity index (χ3n) is 2.43. The van der Waals surface area contributed by atoms with Gasteiger partial charge in [-0.15, -0.1) is 0 Å². The van der Waals surface area contributed by atoms with E-state index in [-0.39, 0.29) is 0 Å². The molecule has 2 aromatic rings. The van der Waals surface area contributed by atoms with Crippen LogP contribution in [-0.4, -0.2) is 19.6 Å². The van der Waals surface area contributed by atoms with Gasteiger partial charge < -0.3 is 5.73 Å². The van der Waals surface area contributed by atoms with E-state index in [4.69, 9.17) is 5.73 Å². The molecular formula is C13H23N5. The number of rotatable bonds is 2. The minimum absolute atomic E-state index is 0.405. The maximum Gasteiger partial charge on any atom is 0.145 e. The lowest BCUT2D eigenvalue weighted by molar-refractivity contribution is 0.529. The van der Waals surface area contributed by atoms with E-state index in [1.54, 1.807) is 6.07 Å². The quantitative estimate of drug-likeness (QED) is 0.890. The van der Waals surface area contributed by atoms with E-state index >= 15 is 0 Å². The smallest absolute Gasteiger partial charge is 0.145 e. The van der Waals surface area contributed by atoms with Gasteiger partial charge in [0.05, 0.1) is 5.69 Å². The first-order valence-electron chi connectivity index (χ1n) is 6.22. The molecule has 0 spiro atoms. The van der Waals surface area contributed by atoms with Gasteiger partial charge in [0.15, 0.2) is 0 Å². The van der Waals surface area contributed by atoms with E-state index in [1.165, 1.54) is 0 Å². The molecule has 2 heterocycles. The van der Waals surface area contributed by atoms with Crippen molar-refractivity contribution in [3.8, 4) is 0 Å². The van der Waals surface area contributed by atoms with Gasteiger partial charge in [-0.1, -0.05) is 0 Å². The van der Waals surface area contributed by atoms with Crippen molar-refractivity contribution >= 4 is 5.82 Å². The zero-order valence-electron chi connectivity index (χ0n) is 11.8. The molecule has 0 amide bonds. The standard InChI is InChI=1S/C7H12N2.C6H11N3/c1-6(2)9-5-4-7(3)8-9;1-5(2)9-4-3-6(7)8-9/h4-6H,1-3H3;3-5H,1-2H3,(H2,7,8). The number of hydrogen-bond acceptors (Lipinski definition) is 3. The molecular weight excluding hydrogens is 226 g/mol. The number of nitrogens with zero attached hydrogens (tertiary/aromatic N) is 4. The van der Waals surface area contributed by atoms with Gasteiger partial charge in [0, 0.05) is 24.5 Å². The first kappa shape index (κ1) is 14.3. The van der Waals surface area contributed by atoms with E-state index < -0.39 is 0 Å². The molecule has 0 fully saturated rings. The van der Waals surface area contributed by atoms with Crippen LogP contribution in [-0.2, 0) is 0 Å². The third kappa shape index (κ3) is 4.24. The highest BCUT2D eigenvalue weighted by Crippen LogP contribution is 2.03. The fourth-order valence-electron chi connectivity index (χ4n) is 1.36. The number of anilines is 1. The molecule has 0 aliphatic heterocycles. The second-order valence-electron chi connectivity index (χ2n) is 4.85. The van der Waals surface area contributed by atoms with E-state index in [1.807, 2.05) is 34.7 Å². The lowest BCUT2D eigenvalue weighted by atomic mass is 10.4. The van der Waals surface area contributed by atoms with Crippen LogP contribution in [0.15, 0.2) is 24.5 Å². The maximum atomic E-state index is 5.38. The lowest BCUT2D eigenvalue weighted by Gasteiger charge is -2.02. The molecule has 2 rings (SSSR count). The maximum absolute atomic E-state index is 5.38. The van der Waals surface area contributed by atoms with Gasteiger partial charge in [-0.3, -0.25) is 9.36 Å². The van der Waals surface area contributed by atoms with Crippen molar-refractivity contribution in [1.82, 2.24) is 19.6 Å². The number of nitrogens with two attached hydrogens (primary N) is 1. The van der Waals surface area contributed by atoms with Gasteiger partial charge in [0.25, 0.3) is 0 Å². The molecule has 5 nitrogen and oxygen atoms in total. The first-order valence-corrected chi connectivity index (χ1v) is 6.22. The van der Waals surface area contributed by atoms with Crippen molar-refractivity contribution in [3.05, 3.63) is 30.2 Å². The van der Waals surface area contributed by atoms with Crippen LogP contribution < -0.4 is 5.73 Å². The Morgan fingerprint density at radius 3 is 1.67 bits per heavy atom. The summed E-state index contributed by atoms with van der Waals surface area (Å²) in [6.07, 6.45) is 3.88. The minimum atomic E-state index is 0.405. The van der Waals surface area contributed by atoms with E-state index in [2.05, 4.69) is 37.9 Å². The van der Waals surface area contributed by atoms with Gasteiger partial charge in [0.1, 0.15) is 5.82 Å². The second kappa shape index (κ2) is 6.23. The molecule has 2 aromatic heterocycles. The topological polar surface area (TPSA) is 61.7 Å². The summed E-state index contributed by atoms with van der Waals surface area (Å²) in [7, 11) is 0. The fourth-order valence-corrected chi connectivity index (χ4v) is 1.36. The predicted molar refractivity (Wildman–Crippen MR) is 74.4 cm³/mol. The summed E-state index contributed by atoms with van der Waals surface area (Å²) in [5.41, 5.74) is 6.47. The Kier molecular flexibility index (Phi) is 4.95.